The molecule has 0 fully saturated rings. The summed E-state index contributed by atoms with van der Waals surface area (Å²) in [4.78, 5) is 1.17. The zero-order valence-electron chi connectivity index (χ0n) is 8.10. The zero-order valence-corrected chi connectivity index (χ0v) is 9.74. The molecule has 4 heteroatoms. The monoisotopic (exact) mass is 227 g/mol. The van der Waals surface area contributed by atoms with Crippen molar-refractivity contribution in [2.75, 3.05) is 5.75 Å². The lowest BCUT2D eigenvalue weighted by molar-refractivity contribution is 0.674. The maximum absolute atomic E-state index is 11.7. The minimum Gasteiger partial charge on any atom is -0.259 e. The van der Waals surface area contributed by atoms with Crippen LogP contribution in [0.25, 0.3) is 0 Å². The van der Waals surface area contributed by atoms with Crippen molar-refractivity contribution < 1.29 is 4.21 Å². The summed E-state index contributed by atoms with van der Waals surface area (Å²) >= 11 is 1.64. The molecule has 1 aromatic heterocycles. The Hall–Kier alpha value is -0.660. The Morgan fingerprint density at radius 2 is 2.50 bits per heavy atom. The molecule has 0 unspecified atom stereocenters. The quantitative estimate of drug-likeness (QED) is 0.726. The first-order valence-corrected chi connectivity index (χ1v) is 6.79. The molecule has 0 radical (unpaired) electrons. The van der Waals surface area contributed by atoms with E-state index >= 15 is 0 Å². The van der Waals surface area contributed by atoms with Crippen molar-refractivity contribution in [1.29, 1.82) is 5.26 Å². The second kappa shape index (κ2) is 5.94. The molecule has 76 valence electrons. The fraction of sp³-hybridized carbons (Fsp3) is 0.500. The first-order chi connectivity index (χ1) is 6.75. The Labute approximate surface area is 91.0 Å². The molecule has 0 saturated carbocycles. The van der Waals surface area contributed by atoms with Gasteiger partial charge >= 0.3 is 0 Å². The molecule has 0 amide bonds. The molecule has 0 N–H and O–H groups in total. The normalized spacial score (nSPS) is 14.6. The number of rotatable bonds is 5. The second-order valence-electron chi connectivity index (χ2n) is 3.00. The zero-order chi connectivity index (χ0) is 10.4. The fourth-order valence-electron chi connectivity index (χ4n) is 1.12. The molecule has 0 bridgehead atoms. The Bertz CT molecular complexity index is 326. The Balaban J connectivity index is 2.42. The third-order valence-electron chi connectivity index (χ3n) is 1.97. The number of nitriles is 1. The van der Waals surface area contributed by atoms with Crippen LogP contribution in [0, 0.1) is 11.3 Å². The molecule has 1 aromatic rings. The predicted molar refractivity (Wildman–Crippen MR) is 60.6 cm³/mol. The molecule has 0 aliphatic rings. The SMILES string of the molecule is C[C@@H](c1cccs1)[S@](=O)CCCC#N. The van der Waals surface area contributed by atoms with Gasteiger partial charge < -0.3 is 0 Å². The molecular formula is C10H13NOS2. The molecule has 2 atom stereocenters. The third-order valence-corrected chi connectivity index (χ3v) is 4.91. The molecule has 0 saturated heterocycles. The van der Waals surface area contributed by atoms with E-state index in [1.54, 1.807) is 11.3 Å². The number of nitrogens with zero attached hydrogens (tertiary/aromatic N) is 1. The molecule has 0 aliphatic heterocycles. The maximum atomic E-state index is 11.7. The average molecular weight is 227 g/mol. The lowest BCUT2D eigenvalue weighted by Gasteiger charge is -2.07. The van der Waals surface area contributed by atoms with E-state index in [0.29, 0.717) is 12.2 Å². The lowest BCUT2D eigenvalue weighted by atomic mass is 10.4. The minimum atomic E-state index is -0.836. The Morgan fingerprint density at radius 1 is 1.71 bits per heavy atom. The van der Waals surface area contributed by atoms with Gasteiger partial charge in [0, 0.05) is 27.9 Å². The third kappa shape index (κ3) is 3.24. The van der Waals surface area contributed by atoms with Gasteiger partial charge in [-0.2, -0.15) is 5.26 Å². The molecule has 0 spiro atoms. The van der Waals surface area contributed by atoms with Gasteiger partial charge in [-0.1, -0.05) is 6.07 Å². The minimum absolute atomic E-state index is 0.105. The summed E-state index contributed by atoms with van der Waals surface area (Å²) in [6.45, 7) is 1.98. The summed E-state index contributed by atoms with van der Waals surface area (Å²) in [7, 11) is -0.836. The van der Waals surface area contributed by atoms with Crippen LogP contribution >= 0.6 is 11.3 Å². The van der Waals surface area contributed by atoms with E-state index in [0.717, 1.165) is 6.42 Å². The van der Waals surface area contributed by atoms with Crippen LogP contribution in [0.5, 0.6) is 0 Å². The van der Waals surface area contributed by atoms with Gasteiger partial charge in [0.05, 0.1) is 11.3 Å². The van der Waals surface area contributed by atoms with Crippen molar-refractivity contribution in [3.05, 3.63) is 22.4 Å². The number of thiophene rings is 1. The molecule has 2 nitrogen and oxygen atoms in total. The van der Waals surface area contributed by atoms with Crippen LogP contribution in [0.15, 0.2) is 17.5 Å². The van der Waals surface area contributed by atoms with E-state index in [1.165, 1.54) is 4.88 Å². The van der Waals surface area contributed by atoms with Crippen LogP contribution in [0.4, 0.5) is 0 Å². The van der Waals surface area contributed by atoms with Gasteiger partial charge in [0.15, 0.2) is 0 Å². The van der Waals surface area contributed by atoms with Crippen molar-refractivity contribution in [1.82, 2.24) is 0 Å². The van der Waals surface area contributed by atoms with Crippen molar-refractivity contribution in [3.8, 4) is 6.07 Å². The van der Waals surface area contributed by atoms with Crippen molar-refractivity contribution in [2.24, 2.45) is 0 Å². The molecule has 1 rings (SSSR count). The average Bonchev–Trinajstić information content (AvgIpc) is 2.69. The summed E-state index contributed by atoms with van der Waals surface area (Å²) in [6.07, 6.45) is 1.24. The van der Waals surface area contributed by atoms with E-state index in [9.17, 15) is 4.21 Å². The summed E-state index contributed by atoms with van der Waals surface area (Å²) in [5, 5.41) is 10.5. The highest BCUT2D eigenvalue weighted by Gasteiger charge is 2.13. The van der Waals surface area contributed by atoms with Gasteiger partial charge in [0.1, 0.15) is 0 Å². The molecule has 0 aliphatic carbocycles. The number of hydrogen-bond donors (Lipinski definition) is 0. The van der Waals surface area contributed by atoms with Gasteiger partial charge in [0.2, 0.25) is 0 Å². The Kier molecular flexibility index (Phi) is 4.85. The van der Waals surface area contributed by atoms with E-state index in [-0.39, 0.29) is 5.25 Å². The van der Waals surface area contributed by atoms with Gasteiger partial charge in [-0.15, -0.1) is 11.3 Å². The van der Waals surface area contributed by atoms with Gasteiger partial charge in [-0.05, 0) is 24.8 Å². The van der Waals surface area contributed by atoms with Crippen LogP contribution < -0.4 is 0 Å². The fourth-order valence-corrected chi connectivity index (χ4v) is 3.39. The summed E-state index contributed by atoms with van der Waals surface area (Å²) in [6, 6.07) is 6.05. The van der Waals surface area contributed by atoms with Crippen LogP contribution in [-0.4, -0.2) is 9.96 Å². The van der Waals surface area contributed by atoms with Gasteiger partial charge in [-0.25, -0.2) is 0 Å². The van der Waals surface area contributed by atoms with E-state index in [1.807, 2.05) is 24.4 Å². The highest BCUT2D eigenvalue weighted by Crippen LogP contribution is 2.24. The number of unbranched alkanes of at least 4 members (excludes halogenated alkanes) is 1. The van der Waals surface area contributed by atoms with Crippen LogP contribution in [0.2, 0.25) is 0 Å². The first-order valence-electron chi connectivity index (χ1n) is 4.53. The van der Waals surface area contributed by atoms with E-state index < -0.39 is 10.8 Å². The highest BCUT2D eigenvalue weighted by atomic mass is 32.2. The lowest BCUT2D eigenvalue weighted by Crippen LogP contribution is -2.05. The maximum Gasteiger partial charge on any atom is 0.0662 e. The van der Waals surface area contributed by atoms with Crippen LogP contribution in [-0.2, 0) is 10.8 Å². The summed E-state index contributed by atoms with van der Waals surface area (Å²) in [5.41, 5.74) is 0. The van der Waals surface area contributed by atoms with Crippen LogP contribution in [0.3, 0.4) is 0 Å². The Morgan fingerprint density at radius 3 is 3.07 bits per heavy atom. The van der Waals surface area contributed by atoms with E-state index in [4.69, 9.17) is 5.26 Å². The van der Waals surface area contributed by atoms with E-state index in [2.05, 4.69) is 6.07 Å². The summed E-state index contributed by atoms with van der Waals surface area (Å²) in [5.74, 6) is 0.632. The largest absolute Gasteiger partial charge is 0.259 e. The molecular weight excluding hydrogens is 214 g/mol. The molecule has 14 heavy (non-hydrogen) atoms. The van der Waals surface area contributed by atoms with Crippen molar-refractivity contribution in [2.45, 2.75) is 25.0 Å². The van der Waals surface area contributed by atoms with Gasteiger partial charge in [-0.3, -0.25) is 4.21 Å². The molecule has 1 heterocycles. The summed E-state index contributed by atoms with van der Waals surface area (Å²) < 4.78 is 11.7. The highest BCUT2D eigenvalue weighted by molar-refractivity contribution is 7.85. The molecule has 0 aromatic carbocycles. The van der Waals surface area contributed by atoms with Crippen molar-refractivity contribution in [3.63, 3.8) is 0 Å². The first kappa shape index (κ1) is 11.4. The topological polar surface area (TPSA) is 40.9 Å². The number of hydrogen-bond acceptors (Lipinski definition) is 3. The predicted octanol–water partition coefficient (Wildman–Crippen LogP) is 2.86. The van der Waals surface area contributed by atoms with Crippen LogP contribution in [0.1, 0.15) is 29.9 Å². The second-order valence-corrected chi connectivity index (χ2v) is 5.86. The van der Waals surface area contributed by atoms with Gasteiger partial charge in [0.25, 0.3) is 0 Å². The standard InChI is InChI=1S/C10H13NOS2/c1-9(10-5-4-7-13-10)14(12)8-3-2-6-11/h4-5,7,9H,2-3,8H2,1H3/t9-,14+/m0/s1. The smallest absolute Gasteiger partial charge is 0.0662 e. The van der Waals surface area contributed by atoms with Crippen molar-refractivity contribution >= 4 is 22.1 Å².